The summed E-state index contributed by atoms with van der Waals surface area (Å²) in [6.45, 7) is 3.19. The number of hydrogen-bond donors (Lipinski definition) is 1. The van der Waals surface area contributed by atoms with Crippen LogP contribution >= 0.6 is 0 Å². The number of sulfonamides is 1. The Kier molecular flexibility index (Phi) is 5.51. The lowest BCUT2D eigenvalue weighted by molar-refractivity contribution is -0.137. The molecule has 36 heavy (non-hydrogen) atoms. The Labute approximate surface area is 204 Å². The van der Waals surface area contributed by atoms with Crippen LogP contribution in [0.2, 0.25) is 0 Å². The van der Waals surface area contributed by atoms with Gasteiger partial charge < -0.3 is 5.11 Å². The van der Waals surface area contributed by atoms with E-state index >= 15 is 0 Å². The molecule has 0 radical (unpaired) electrons. The minimum atomic E-state index is -4.61. The van der Waals surface area contributed by atoms with E-state index in [-0.39, 0.29) is 46.4 Å². The van der Waals surface area contributed by atoms with Gasteiger partial charge in [-0.05, 0) is 56.7 Å². The molecule has 12 heteroatoms. The van der Waals surface area contributed by atoms with E-state index in [0.29, 0.717) is 5.56 Å². The molecule has 1 aromatic carbocycles. The molecule has 0 bridgehead atoms. The Bertz CT molecular complexity index is 1580. The first-order chi connectivity index (χ1) is 17.0. The van der Waals surface area contributed by atoms with Crippen molar-refractivity contribution >= 4 is 15.8 Å². The summed E-state index contributed by atoms with van der Waals surface area (Å²) < 4.78 is 69.2. The normalized spacial score (nSPS) is 13.8. The van der Waals surface area contributed by atoms with E-state index in [4.69, 9.17) is 0 Å². The van der Waals surface area contributed by atoms with Gasteiger partial charge >= 0.3 is 6.18 Å². The molecule has 5 rings (SSSR count). The molecule has 0 aliphatic carbocycles. The van der Waals surface area contributed by atoms with Crippen molar-refractivity contribution in [3.05, 3.63) is 77.1 Å². The van der Waals surface area contributed by atoms with Gasteiger partial charge in [0, 0.05) is 29.6 Å². The molecule has 1 N–H and O–H groups in total. The first kappa shape index (κ1) is 23.8. The highest BCUT2D eigenvalue weighted by molar-refractivity contribution is 7.92. The predicted molar refractivity (Wildman–Crippen MR) is 125 cm³/mol. The van der Waals surface area contributed by atoms with Gasteiger partial charge in [0.05, 0.1) is 10.5 Å². The number of rotatable bonds is 3. The molecule has 0 unspecified atom stereocenters. The highest BCUT2D eigenvalue weighted by Crippen LogP contribution is 2.41. The van der Waals surface area contributed by atoms with E-state index in [1.807, 2.05) is 6.92 Å². The standard InChI is InChI=1S/C24H20F3N5O3S/c1-14-5-7-17(8-6-14)36(34,35)31-11-9-19-21(18-4-3-10-28-22(18)31)30-32(23(19)33)20-13-16(24(25,26)27)12-15(2)29-20/h3-8,10,12-13,33H,9,11H2,1-2H3. The largest absolute Gasteiger partial charge is 0.493 e. The third-order valence-electron chi connectivity index (χ3n) is 5.89. The van der Waals surface area contributed by atoms with Gasteiger partial charge in [-0.3, -0.25) is 0 Å². The van der Waals surface area contributed by atoms with Crippen molar-refractivity contribution in [2.24, 2.45) is 0 Å². The van der Waals surface area contributed by atoms with Gasteiger partial charge in [-0.15, -0.1) is 0 Å². The monoisotopic (exact) mass is 515 g/mol. The molecule has 186 valence electrons. The van der Waals surface area contributed by atoms with Gasteiger partial charge in [0.25, 0.3) is 10.0 Å². The molecule has 1 aliphatic rings. The molecule has 0 saturated carbocycles. The number of aromatic hydroxyl groups is 1. The lowest BCUT2D eigenvalue weighted by Gasteiger charge is -2.23. The fourth-order valence-corrected chi connectivity index (χ4v) is 5.58. The number of pyridine rings is 2. The topological polar surface area (TPSA) is 101 Å². The van der Waals surface area contributed by atoms with Crippen LogP contribution in [-0.2, 0) is 22.6 Å². The van der Waals surface area contributed by atoms with Gasteiger partial charge in [-0.2, -0.15) is 23.0 Å². The number of aryl methyl sites for hydroxylation is 2. The fraction of sp³-hybridized carbons (Fsp3) is 0.208. The number of halogens is 3. The van der Waals surface area contributed by atoms with Crippen LogP contribution < -0.4 is 4.31 Å². The molecule has 1 aliphatic heterocycles. The summed E-state index contributed by atoms with van der Waals surface area (Å²) in [7, 11) is -4.00. The van der Waals surface area contributed by atoms with Crippen LogP contribution in [0.15, 0.2) is 59.6 Å². The Hall–Kier alpha value is -3.93. The maximum Gasteiger partial charge on any atom is 0.416 e. The van der Waals surface area contributed by atoms with Crippen LogP contribution in [0.5, 0.6) is 5.88 Å². The van der Waals surface area contributed by atoms with E-state index < -0.39 is 27.6 Å². The van der Waals surface area contributed by atoms with E-state index in [9.17, 15) is 26.7 Å². The van der Waals surface area contributed by atoms with Gasteiger partial charge in [0.2, 0.25) is 5.88 Å². The van der Waals surface area contributed by atoms with Gasteiger partial charge in [0.1, 0.15) is 5.69 Å². The first-order valence-electron chi connectivity index (χ1n) is 10.9. The minimum Gasteiger partial charge on any atom is -0.493 e. The summed E-state index contributed by atoms with van der Waals surface area (Å²) in [4.78, 5) is 8.50. The summed E-state index contributed by atoms with van der Waals surface area (Å²) in [5.41, 5.74) is 0.894. The third-order valence-corrected chi connectivity index (χ3v) is 7.70. The molecule has 4 heterocycles. The molecule has 0 spiro atoms. The van der Waals surface area contributed by atoms with Crippen molar-refractivity contribution < 1.29 is 26.7 Å². The van der Waals surface area contributed by atoms with E-state index in [1.54, 1.807) is 24.3 Å². The van der Waals surface area contributed by atoms with Gasteiger partial charge in [-0.25, -0.2) is 22.7 Å². The number of aromatic nitrogens is 4. The van der Waals surface area contributed by atoms with Crippen LogP contribution in [0, 0.1) is 13.8 Å². The Morgan fingerprint density at radius 1 is 1.06 bits per heavy atom. The number of nitrogens with zero attached hydrogens (tertiary/aromatic N) is 5. The van der Waals surface area contributed by atoms with Crippen LogP contribution in [-0.4, -0.2) is 39.8 Å². The SMILES string of the molecule is Cc1ccc(S(=O)(=O)N2CCc3c(nn(-c4cc(C(F)(F)F)cc(C)n4)c3O)-c3cccnc32)cc1. The highest BCUT2D eigenvalue weighted by Gasteiger charge is 2.35. The Balaban J connectivity index is 1.65. The zero-order chi connectivity index (χ0) is 25.8. The molecule has 0 amide bonds. The molecular formula is C24H20F3N5O3S. The van der Waals surface area contributed by atoms with E-state index in [1.165, 1.54) is 25.3 Å². The van der Waals surface area contributed by atoms with E-state index in [2.05, 4.69) is 15.1 Å². The van der Waals surface area contributed by atoms with E-state index in [0.717, 1.165) is 26.7 Å². The molecule has 3 aromatic heterocycles. The summed E-state index contributed by atoms with van der Waals surface area (Å²) in [5, 5.41) is 15.4. The number of anilines is 1. The lowest BCUT2D eigenvalue weighted by Crippen LogP contribution is -2.33. The zero-order valence-electron chi connectivity index (χ0n) is 19.2. The second-order valence-corrected chi connectivity index (χ2v) is 10.3. The van der Waals surface area contributed by atoms with Crippen LogP contribution in [0.25, 0.3) is 17.1 Å². The Morgan fingerprint density at radius 3 is 2.47 bits per heavy atom. The smallest absolute Gasteiger partial charge is 0.416 e. The predicted octanol–water partition coefficient (Wildman–Crippen LogP) is 4.42. The molecule has 0 fully saturated rings. The molecule has 4 aromatic rings. The quantitative estimate of drug-likeness (QED) is 0.434. The number of hydrogen-bond acceptors (Lipinski definition) is 6. The Morgan fingerprint density at radius 2 is 1.78 bits per heavy atom. The van der Waals surface area contributed by atoms with Crippen LogP contribution in [0.1, 0.15) is 22.4 Å². The second kappa shape index (κ2) is 8.33. The van der Waals surface area contributed by atoms with Crippen molar-refractivity contribution in [3.63, 3.8) is 0 Å². The van der Waals surface area contributed by atoms with Crippen molar-refractivity contribution in [2.75, 3.05) is 10.8 Å². The van der Waals surface area contributed by atoms with Crippen molar-refractivity contribution in [1.29, 1.82) is 0 Å². The summed E-state index contributed by atoms with van der Waals surface area (Å²) in [6.07, 6.45) is -3.12. The molecule has 8 nitrogen and oxygen atoms in total. The molecule has 0 saturated heterocycles. The van der Waals surface area contributed by atoms with Crippen LogP contribution in [0.4, 0.5) is 19.0 Å². The van der Waals surface area contributed by atoms with Crippen LogP contribution in [0.3, 0.4) is 0 Å². The summed E-state index contributed by atoms with van der Waals surface area (Å²) >= 11 is 0. The highest BCUT2D eigenvalue weighted by atomic mass is 32.2. The number of benzene rings is 1. The molecular weight excluding hydrogens is 495 g/mol. The average molecular weight is 516 g/mol. The second-order valence-electron chi connectivity index (χ2n) is 8.43. The third kappa shape index (κ3) is 3.96. The van der Waals surface area contributed by atoms with Crippen molar-refractivity contribution in [3.8, 4) is 23.0 Å². The first-order valence-corrected chi connectivity index (χ1v) is 12.3. The van der Waals surface area contributed by atoms with Gasteiger partial charge in [-0.1, -0.05) is 17.7 Å². The number of alkyl halides is 3. The zero-order valence-corrected chi connectivity index (χ0v) is 20.0. The fourth-order valence-electron chi connectivity index (χ4n) is 4.14. The summed E-state index contributed by atoms with van der Waals surface area (Å²) in [6, 6.07) is 11.3. The van der Waals surface area contributed by atoms with Gasteiger partial charge in [0.15, 0.2) is 11.6 Å². The maximum atomic E-state index is 13.5. The number of fused-ring (bicyclic) bond motifs is 3. The van der Waals surface area contributed by atoms with Crippen molar-refractivity contribution in [2.45, 2.75) is 31.3 Å². The minimum absolute atomic E-state index is 0.0422. The van der Waals surface area contributed by atoms with Crippen molar-refractivity contribution in [1.82, 2.24) is 19.7 Å². The average Bonchev–Trinajstić information content (AvgIpc) is 3.04. The maximum absolute atomic E-state index is 13.5. The lowest BCUT2D eigenvalue weighted by atomic mass is 10.1. The molecule has 0 atom stereocenters. The summed E-state index contributed by atoms with van der Waals surface area (Å²) in [5.74, 6) is -0.516.